The molecule has 0 unspecified atom stereocenters. The topological polar surface area (TPSA) is 43.1 Å². The summed E-state index contributed by atoms with van der Waals surface area (Å²) in [5.41, 5.74) is 2.08. The average Bonchev–Trinajstić information content (AvgIpc) is 2.81. The fraction of sp³-hybridized carbons (Fsp3) is 0.250. The van der Waals surface area contributed by atoms with Crippen molar-refractivity contribution in [1.29, 1.82) is 0 Å². The van der Waals surface area contributed by atoms with Crippen LogP contribution in [0.5, 0.6) is 0 Å². The van der Waals surface area contributed by atoms with Crippen LogP contribution in [0.15, 0.2) is 34.5 Å². The molecule has 1 aromatic heterocycles. The van der Waals surface area contributed by atoms with E-state index >= 15 is 0 Å². The number of aromatic nitrogens is 3. The van der Waals surface area contributed by atoms with E-state index in [1.807, 2.05) is 24.3 Å². The van der Waals surface area contributed by atoms with E-state index in [0.717, 1.165) is 34.4 Å². The minimum Gasteiger partial charge on any atom is -0.187 e. The summed E-state index contributed by atoms with van der Waals surface area (Å²) in [7, 11) is 0. The second-order valence-electron chi connectivity index (χ2n) is 3.94. The molecule has 0 spiro atoms. The Morgan fingerprint density at radius 2 is 2.28 bits per heavy atom. The van der Waals surface area contributed by atoms with Gasteiger partial charge in [-0.15, -0.1) is 10.2 Å². The molecular weight excluding hydrogens is 268 g/mol. The van der Waals surface area contributed by atoms with Crippen molar-refractivity contribution in [3.63, 3.8) is 0 Å². The Balaban J connectivity index is 2.11. The first-order valence-corrected chi connectivity index (χ1v) is 7.05. The molecule has 3 rings (SSSR count). The summed E-state index contributed by atoms with van der Waals surface area (Å²) >= 11 is 7.67. The van der Waals surface area contributed by atoms with Crippen molar-refractivity contribution in [3.8, 4) is 11.4 Å². The van der Waals surface area contributed by atoms with Crippen LogP contribution in [0.4, 0.5) is 0 Å². The third kappa shape index (κ3) is 2.04. The van der Waals surface area contributed by atoms with Gasteiger partial charge in [0.15, 0.2) is 5.82 Å². The van der Waals surface area contributed by atoms with E-state index in [2.05, 4.69) is 22.2 Å². The molecule has 1 aliphatic rings. The molecule has 0 N–H and O–H groups in total. The van der Waals surface area contributed by atoms with Gasteiger partial charge in [0.25, 0.3) is 0 Å². The summed E-state index contributed by atoms with van der Waals surface area (Å²) in [6.07, 6.45) is 0.944. The molecule has 4 nitrogen and oxygen atoms in total. The van der Waals surface area contributed by atoms with Crippen LogP contribution in [-0.4, -0.2) is 26.3 Å². The predicted octanol–water partition coefficient (Wildman–Crippen LogP) is 3.32. The predicted molar refractivity (Wildman–Crippen MR) is 74.3 cm³/mol. The zero-order valence-electron chi connectivity index (χ0n) is 9.80. The third-order valence-electron chi connectivity index (χ3n) is 2.71. The molecule has 1 aromatic carbocycles. The van der Waals surface area contributed by atoms with Gasteiger partial charge in [-0.2, -0.15) is 9.78 Å². The number of rotatable bonds is 2. The lowest BCUT2D eigenvalue weighted by Gasteiger charge is -2.12. The maximum atomic E-state index is 6.00. The standard InChI is InChI=1S/C12H11ClN4S/c1-2-10-7-18-12-15-14-11(17(12)16-10)8-4-3-5-9(13)6-8/h3-6H,2,7H2,1H3. The Labute approximate surface area is 114 Å². The van der Waals surface area contributed by atoms with Gasteiger partial charge in [0.1, 0.15) is 0 Å². The molecule has 0 aliphatic carbocycles. The molecule has 0 fully saturated rings. The fourth-order valence-corrected chi connectivity index (χ4v) is 2.84. The second-order valence-corrected chi connectivity index (χ2v) is 5.32. The van der Waals surface area contributed by atoms with Gasteiger partial charge in [-0.3, -0.25) is 0 Å². The molecule has 0 bridgehead atoms. The SMILES string of the molecule is CCC1=Nn2c(nnc2-c2cccc(Cl)c2)SC1. The van der Waals surface area contributed by atoms with Crippen molar-refractivity contribution in [1.82, 2.24) is 14.9 Å². The van der Waals surface area contributed by atoms with Gasteiger partial charge in [0.05, 0.1) is 0 Å². The first-order chi connectivity index (χ1) is 8.78. The van der Waals surface area contributed by atoms with E-state index in [1.54, 1.807) is 16.4 Å². The van der Waals surface area contributed by atoms with Crippen molar-refractivity contribution >= 4 is 29.1 Å². The van der Waals surface area contributed by atoms with Gasteiger partial charge in [0, 0.05) is 22.1 Å². The highest BCUT2D eigenvalue weighted by Gasteiger charge is 2.18. The monoisotopic (exact) mass is 278 g/mol. The number of nitrogens with zero attached hydrogens (tertiary/aromatic N) is 4. The number of halogens is 1. The van der Waals surface area contributed by atoms with Crippen LogP contribution in [-0.2, 0) is 0 Å². The molecule has 2 heterocycles. The highest BCUT2D eigenvalue weighted by atomic mass is 35.5. The highest BCUT2D eigenvalue weighted by Crippen LogP contribution is 2.28. The Morgan fingerprint density at radius 1 is 1.39 bits per heavy atom. The van der Waals surface area contributed by atoms with E-state index in [9.17, 15) is 0 Å². The molecule has 6 heteroatoms. The van der Waals surface area contributed by atoms with Crippen LogP contribution in [0.25, 0.3) is 11.4 Å². The first kappa shape index (κ1) is 11.7. The van der Waals surface area contributed by atoms with Crippen molar-refractivity contribution < 1.29 is 0 Å². The number of hydrogen-bond donors (Lipinski definition) is 0. The van der Waals surface area contributed by atoms with E-state index in [1.165, 1.54) is 0 Å². The first-order valence-electron chi connectivity index (χ1n) is 5.69. The number of thioether (sulfide) groups is 1. The molecule has 18 heavy (non-hydrogen) atoms. The molecule has 0 saturated heterocycles. The summed E-state index contributed by atoms with van der Waals surface area (Å²) in [5.74, 6) is 1.63. The van der Waals surface area contributed by atoms with Crippen LogP contribution in [0.2, 0.25) is 5.02 Å². The van der Waals surface area contributed by atoms with E-state index in [4.69, 9.17) is 11.6 Å². The molecule has 0 saturated carbocycles. The summed E-state index contributed by atoms with van der Waals surface area (Å²) in [6, 6.07) is 7.58. The van der Waals surface area contributed by atoms with Gasteiger partial charge < -0.3 is 0 Å². The summed E-state index contributed by atoms with van der Waals surface area (Å²) < 4.78 is 1.80. The van der Waals surface area contributed by atoms with Gasteiger partial charge >= 0.3 is 0 Å². The van der Waals surface area contributed by atoms with Gasteiger partial charge in [-0.05, 0) is 18.6 Å². The minimum absolute atomic E-state index is 0.688. The molecular formula is C12H11ClN4S. The summed E-state index contributed by atoms with van der Waals surface area (Å²) in [5, 5.41) is 14.5. The van der Waals surface area contributed by atoms with Crippen molar-refractivity contribution in [2.45, 2.75) is 18.5 Å². The summed E-state index contributed by atoms with van der Waals surface area (Å²) in [4.78, 5) is 0. The summed E-state index contributed by atoms with van der Waals surface area (Å²) in [6.45, 7) is 2.10. The number of fused-ring (bicyclic) bond motifs is 1. The second kappa shape index (κ2) is 4.74. The van der Waals surface area contributed by atoms with Crippen molar-refractivity contribution in [2.75, 3.05) is 5.75 Å². The molecule has 0 amide bonds. The van der Waals surface area contributed by atoms with E-state index < -0.39 is 0 Å². The van der Waals surface area contributed by atoms with Gasteiger partial charge in [0.2, 0.25) is 5.16 Å². The van der Waals surface area contributed by atoms with Crippen molar-refractivity contribution in [2.24, 2.45) is 5.10 Å². The minimum atomic E-state index is 0.688. The van der Waals surface area contributed by atoms with Crippen LogP contribution in [0.1, 0.15) is 13.3 Å². The largest absolute Gasteiger partial charge is 0.212 e. The average molecular weight is 279 g/mol. The van der Waals surface area contributed by atoms with Crippen LogP contribution < -0.4 is 0 Å². The Bertz CT molecular complexity index is 620. The Kier molecular flexibility index (Phi) is 3.09. The zero-order chi connectivity index (χ0) is 12.5. The van der Waals surface area contributed by atoms with Crippen molar-refractivity contribution in [3.05, 3.63) is 29.3 Å². The lowest BCUT2D eigenvalue weighted by atomic mass is 10.2. The normalized spacial score (nSPS) is 14.2. The van der Waals surface area contributed by atoms with Gasteiger partial charge in [-0.25, -0.2) is 0 Å². The van der Waals surface area contributed by atoms with Crippen LogP contribution in [0.3, 0.4) is 0 Å². The lowest BCUT2D eigenvalue weighted by molar-refractivity contribution is 0.757. The molecule has 2 aromatic rings. The molecule has 1 aliphatic heterocycles. The van der Waals surface area contributed by atoms with Crippen LogP contribution >= 0.6 is 23.4 Å². The Hall–Kier alpha value is -1.33. The maximum Gasteiger partial charge on any atom is 0.212 e. The molecule has 0 atom stereocenters. The molecule has 92 valence electrons. The number of benzene rings is 1. The van der Waals surface area contributed by atoms with Crippen LogP contribution in [0, 0.1) is 0 Å². The fourth-order valence-electron chi connectivity index (χ4n) is 1.74. The number of hydrogen-bond acceptors (Lipinski definition) is 4. The highest BCUT2D eigenvalue weighted by molar-refractivity contribution is 7.99. The Morgan fingerprint density at radius 3 is 3.06 bits per heavy atom. The third-order valence-corrected chi connectivity index (χ3v) is 3.94. The van der Waals surface area contributed by atoms with Gasteiger partial charge in [-0.1, -0.05) is 42.4 Å². The molecule has 0 radical (unpaired) electrons. The smallest absolute Gasteiger partial charge is 0.187 e. The van der Waals surface area contributed by atoms with E-state index in [0.29, 0.717) is 5.02 Å². The zero-order valence-corrected chi connectivity index (χ0v) is 11.4. The van der Waals surface area contributed by atoms with E-state index in [-0.39, 0.29) is 0 Å². The lowest BCUT2D eigenvalue weighted by Crippen LogP contribution is -2.11. The maximum absolute atomic E-state index is 6.00. The quantitative estimate of drug-likeness (QED) is 0.846.